The largest absolute Gasteiger partial charge is 0.469 e. The third-order valence-electron chi connectivity index (χ3n) is 1.78. The molecule has 1 aromatic heterocycles. The van der Waals surface area contributed by atoms with Crippen molar-refractivity contribution in [3.05, 3.63) is 29.7 Å². The van der Waals surface area contributed by atoms with E-state index < -0.39 is 0 Å². The number of rotatable bonds is 4. The van der Waals surface area contributed by atoms with Crippen LogP contribution in [0.2, 0.25) is 0 Å². The second kappa shape index (κ2) is 5.77. The molecular weight excluding hydrogens is 238 g/mol. The minimum Gasteiger partial charge on any atom is -0.469 e. The van der Waals surface area contributed by atoms with Crippen LogP contribution in [0.5, 0.6) is 0 Å². The lowest BCUT2D eigenvalue weighted by atomic mass is 10.2. The fourth-order valence-electron chi connectivity index (χ4n) is 1.01. The van der Waals surface area contributed by atoms with Gasteiger partial charge in [0.25, 0.3) is 0 Å². The van der Waals surface area contributed by atoms with Crippen molar-refractivity contribution in [3.63, 3.8) is 0 Å². The standard InChI is InChI=1S/C12H15NO3S/c1-12(2,3)16-13-11(17)9(8-14)7-10-5-4-6-15-10/h4-6H,7H2,1-3H3,(H,13,17). The van der Waals surface area contributed by atoms with Crippen molar-refractivity contribution in [2.45, 2.75) is 32.8 Å². The maximum atomic E-state index is 10.8. The lowest BCUT2D eigenvalue weighted by Crippen LogP contribution is -2.33. The number of nitrogens with one attached hydrogen (secondary N) is 1. The van der Waals surface area contributed by atoms with Crippen LogP contribution in [-0.4, -0.2) is 16.5 Å². The van der Waals surface area contributed by atoms with Crippen molar-refractivity contribution in [2.24, 2.45) is 0 Å². The molecule has 0 aliphatic carbocycles. The first-order chi connectivity index (χ1) is 7.92. The Bertz CT molecular complexity index is 425. The highest BCUT2D eigenvalue weighted by Gasteiger charge is 2.14. The molecule has 1 aromatic rings. The van der Waals surface area contributed by atoms with Gasteiger partial charge in [0.15, 0.2) is 0 Å². The van der Waals surface area contributed by atoms with Crippen LogP contribution in [-0.2, 0) is 16.1 Å². The molecule has 1 rings (SSSR count). The summed E-state index contributed by atoms with van der Waals surface area (Å²) in [4.78, 5) is 16.3. The molecule has 0 aliphatic heterocycles. The van der Waals surface area contributed by atoms with Gasteiger partial charge < -0.3 is 4.42 Å². The van der Waals surface area contributed by atoms with E-state index in [9.17, 15) is 4.79 Å². The molecule has 5 heteroatoms. The molecule has 1 N–H and O–H groups in total. The van der Waals surface area contributed by atoms with E-state index in [-0.39, 0.29) is 10.6 Å². The van der Waals surface area contributed by atoms with Crippen LogP contribution in [0.4, 0.5) is 0 Å². The fraction of sp³-hybridized carbons (Fsp3) is 0.417. The van der Waals surface area contributed by atoms with E-state index in [4.69, 9.17) is 21.5 Å². The molecule has 0 fully saturated rings. The highest BCUT2D eigenvalue weighted by molar-refractivity contribution is 7.80. The minimum absolute atomic E-state index is 0.228. The molecule has 0 atom stereocenters. The zero-order valence-corrected chi connectivity index (χ0v) is 10.9. The van der Waals surface area contributed by atoms with Crippen molar-refractivity contribution < 1.29 is 14.0 Å². The molecule has 17 heavy (non-hydrogen) atoms. The summed E-state index contributed by atoms with van der Waals surface area (Å²) >= 11 is 5.04. The Labute approximate surface area is 106 Å². The molecule has 0 unspecified atom stereocenters. The SMILES string of the molecule is CC(C)(C)ONC(=S)C(=C=O)Cc1ccco1. The van der Waals surface area contributed by atoms with E-state index in [0.29, 0.717) is 17.8 Å². The zero-order chi connectivity index (χ0) is 12.9. The van der Waals surface area contributed by atoms with E-state index in [2.05, 4.69) is 5.48 Å². The molecule has 0 saturated carbocycles. The van der Waals surface area contributed by atoms with Gasteiger partial charge in [-0.05, 0) is 32.9 Å². The van der Waals surface area contributed by atoms with Crippen LogP contribution >= 0.6 is 12.2 Å². The highest BCUT2D eigenvalue weighted by Crippen LogP contribution is 2.09. The Kier molecular flexibility index (Phi) is 4.63. The quantitative estimate of drug-likeness (QED) is 0.386. The minimum atomic E-state index is -0.386. The molecular formula is C12H15NO3S. The molecule has 0 amide bonds. The van der Waals surface area contributed by atoms with Gasteiger partial charge in [-0.2, -0.15) is 0 Å². The summed E-state index contributed by atoms with van der Waals surface area (Å²) in [6, 6.07) is 3.52. The Morgan fingerprint density at radius 1 is 1.59 bits per heavy atom. The average molecular weight is 253 g/mol. The van der Waals surface area contributed by atoms with Crippen molar-refractivity contribution in [2.75, 3.05) is 0 Å². The highest BCUT2D eigenvalue weighted by atomic mass is 32.1. The molecule has 0 aromatic carbocycles. The third-order valence-corrected chi connectivity index (χ3v) is 2.11. The Balaban J connectivity index is 2.57. The van der Waals surface area contributed by atoms with Gasteiger partial charge in [-0.3, -0.25) is 10.3 Å². The summed E-state index contributed by atoms with van der Waals surface area (Å²) in [5.41, 5.74) is 2.49. The fourth-order valence-corrected chi connectivity index (χ4v) is 1.17. The van der Waals surface area contributed by atoms with Crippen LogP contribution in [0, 0.1) is 0 Å². The molecule has 0 aliphatic rings. The zero-order valence-electron chi connectivity index (χ0n) is 10.1. The number of furan rings is 1. The first-order valence-electron chi connectivity index (χ1n) is 5.17. The van der Waals surface area contributed by atoms with Gasteiger partial charge in [0.1, 0.15) is 16.7 Å². The van der Waals surface area contributed by atoms with E-state index in [1.165, 1.54) is 0 Å². The Hall–Kier alpha value is -1.42. The molecule has 0 radical (unpaired) electrons. The molecule has 1 heterocycles. The van der Waals surface area contributed by atoms with Crippen molar-refractivity contribution in [1.29, 1.82) is 0 Å². The lowest BCUT2D eigenvalue weighted by Gasteiger charge is -2.20. The van der Waals surface area contributed by atoms with Crippen LogP contribution in [0.25, 0.3) is 0 Å². The normalized spacial score (nSPS) is 10.8. The van der Waals surface area contributed by atoms with Crippen LogP contribution in [0.1, 0.15) is 26.5 Å². The summed E-state index contributed by atoms with van der Waals surface area (Å²) in [5.74, 6) is 2.46. The van der Waals surface area contributed by atoms with Crippen LogP contribution in [0.3, 0.4) is 0 Å². The van der Waals surface area contributed by atoms with Crippen molar-refractivity contribution >= 4 is 23.1 Å². The number of hydrogen-bond acceptors (Lipinski definition) is 4. The number of carbonyl (C=O) groups excluding carboxylic acids is 1. The first kappa shape index (κ1) is 13.6. The van der Waals surface area contributed by atoms with E-state index in [0.717, 1.165) is 0 Å². The Morgan fingerprint density at radius 3 is 2.76 bits per heavy atom. The Morgan fingerprint density at radius 2 is 2.29 bits per heavy atom. The molecule has 92 valence electrons. The van der Waals surface area contributed by atoms with Gasteiger partial charge in [0.05, 0.1) is 17.4 Å². The van der Waals surface area contributed by atoms with Crippen LogP contribution in [0.15, 0.2) is 28.4 Å². The average Bonchev–Trinajstić information content (AvgIpc) is 2.74. The summed E-state index contributed by atoms with van der Waals surface area (Å²) < 4.78 is 5.13. The summed E-state index contributed by atoms with van der Waals surface area (Å²) in [7, 11) is 0. The predicted molar refractivity (Wildman–Crippen MR) is 68.2 cm³/mol. The summed E-state index contributed by atoms with van der Waals surface area (Å²) in [5, 5.41) is 0. The van der Waals surface area contributed by atoms with Crippen molar-refractivity contribution in [3.8, 4) is 0 Å². The first-order valence-corrected chi connectivity index (χ1v) is 5.58. The van der Waals surface area contributed by atoms with E-state index in [1.807, 2.05) is 20.8 Å². The van der Waals surface area contributed by atoms with E-state index >= 15 is 0 Å². The molecule has 0 spiro atoms. The second-order valence-electron chi connectivity index (χ2n) is 4.48. The topological polar surface area (TPSA) is 51.5 Å². The molecule has 4 nitrogen and oxygen atoms in total. The second-order valence-corrected chi connectivity index (χ2v) is 4.89. The molecule has 0 saturated heterocycles. The van der Waals surface area contributed by atoms with Crippen LogP contribution < -0.4 is 5.48 Å². The number of thiocarbonyl (C=S) groups is 1. The third kappa shape index (κ3) is 4.95. The van der Waals surface area contributed by atoms with Gasteiger partial charge in [-0.15, -0.1) is 0 Å². The summed E-state index contributed by atoms with van der Waals surface area (Å²) in [6.45, 7) is 5.62. The maximum absolute atomic E-state index is 10.8. The lowest BCUT2D eigenvalue weighted by molar-refractivity contribution is -0.0411. The van der Waals surface area contributed by atoms with E-state index in [1.54, 1.807) is 24.3 Å². The smallest absolute Gasteiger partial charge is 0.138 e. The molecule has 0 bridgehead atoms. The number of hydroxylamine groups is 1. The van der Waals surface area contributed by atoms with Gasteiger partial charge in [0.2, 0.25) is 0 Å². The monoisotopic (exact) mass is 253 g/mol. The van der Waals surface area contributed by atoms with Gasteiger partial charge >= 0.3 is 0 Å². The maximum Gasteiger partial charge on any atom is 0.138 e. The van der Waals surface area contributed by atoms with Crippen molar-refractivity contribution in [1.82, 2.24) is 5.48 Å². The summed E-state index contributed by atoms with van der Waals surface area (Å²) in [6.07, 6.45) is 1.84. The van der Waals surface area contributed by atoms with Gasteiger partial charge in [0, 0.05) is 6.42 Å². The predicted octanol–water partition coefficient (Wildman–Crippen LogP) is 2.23. The number of hydrogen-bond donors (Lipinski definition) is 1. The van der Waals surface area contributed by atoms with Gasteiger partial charge in [-0.25, -0.2) is 4.79 Å². The van der Waals surface area contributed by atoms with Gasteiger partial charge in [-0.1, -0.05) is 12.2 Å².